The highest BCUT2D eigenvalue weighted by Gasteiger charge is 2.38. The highest BCUT2D eigenvalue weighted by atomic mass is 19.4. The number of aromatic nitrogens is 2. The molecule has 1 saturated carbocycles. The van der Waals surface area contributed by atoms with Crippen LogP contribution in [0.1, 0.15) is 73.6 Å². The third-order valence-electron chi connectivity index (χ3n) is 4.00. The van der Waals surface area contributed by atoms with Crippen molar-refractivity contribution in [2.24, 2.45) is 0 Å². The van der Waals surface area contributed by atoms with Gasteiger partial charge >= 0.3 is 12.1 Å². The van der Waals surface area contributed by atoms with Crippen molar-refractivity contribution in [2.75, 3.05) is 6.54 Å². The number of nitrogens with one attached hydrogen (secondary N) is 1. The highest BCUT2D eigenvalue weighted by molar-refractivity contribution is 5.92. The molecule has 0 radical (unpaired) electrons. The number of halogens is 3. The summed E-state index contributed by atoms with van der Waals surface area (Å²) in [5.41, 5.74) is -1.08. The number of carbonyl (C=O) groups is 2. The number of rotatable bonds is 10. The maximum absolute atomic E-state index is 12.8. The van der Waals surface area contributed by atoms with E-state index in [0.717, 1.165) is 38.2 Å². The Kier molecular flexibility index (Phi) is 6.44. The van der Waals surface area contributed by atoms with Crippen molar-refractivity contribution in [2.45, 2.75) is 63.6 Å². The Hall–Kier alpha value is -2.06. The van der Waals surface area contributed by atoms with Gasteiger partial charge in [-0.2, -0.15) is 18.3 Å². The average Bonchev–Trinajstić information content (AvgIpc) is 3.26. The summed E-state index contributed by atoms with van der Waals surface area (Å²) in [6.45, 7) is 0.370. The van der Waals surface area contributed by atoms with Gasteiger partial charge in [0.25, 0.3) is 5.91 Å². The van der Waals surface area contributed by atoms with E-state index in [1.54, 1.807) is 0 Å². The minimum Gasteiger partial charge on any atom is -0.481 e. The number of unbranched alkanes of at least 4 members (excludes halogenated alkanes) is 4. The largest absolute Gasteiger partial charge is 0.481 e. The molecule has 25 heavy (non-hydrogen) atoms. The van der Waals surface area contributed by atoms with Gasteiger partial charge in [-0.25, -0.2) is 0 Å². The van der Waals surface area contributed by atoms with E-state index in [9.17, 15) is 22.8 Å². The lowest BCUT2D eigenvalue weighted by molar-refractivity contribution is -0.141. The van der Waals surface area contributed by atoms with Gasteiger partial charge in [0, 0.05) is 19.0 Å². The van der Waals surface area contributed by atoms with E-state index in [1.165, 1.54) is 4.68 Å². The molecule has 9 heteroatoms. The fourth-order valence-corrected chi connectivity index (χ4v) is 2.52. The molecule has 1 amide bonds. The van der Waals surface area contributed by atoms with Gasteiger partial charge in [0.05, 0.1) is 6.04 Å². The van der Waals surface area contributed by atoms with Gasteiger partial charge in [-0.3, -0.25) is 14.3 Å². The van der Waals surface area contributed by atoms with Crippen molar-refractivity contribution >= 4 is 11.9 Å². The van der Waals surface area contributed by atoms with Gasteiger partial charge in [0.2, 0.25) is 0 Å². The summed E-state index contributed by atoms with van der Waals surface area (Å²) in [5, 5.41) is 14.7. The summed E-state index contributed by atoms with van der Waals surface area (Å²) in [5.74, 6) is -1.35. The molecule has 1 aromatic heterocycles. The smallest absolute Gasteiger partial charge is 0.435 e. The summed E-state index contributed by atoms with van der Waals surface area (Å²) < 4.78 is 39.5. The maximum Gasteiger partial charge on any atom is 0.435 e. The second-order valence-corrected chi connectivity index (χ2v) is 6.26. The van der Waals surface area contributed by atoms with Crippen LogP contribution in [0.4, 0.5) is 13.2 Å². The zero-order valence-corrected chi connectivity index (χ0v) is 13.8. The van der Waals surface area contributed by atoms with E-state index in [-0.39, 0.29) is 18.2 Å². The number of alkyl halides is 3. The van der Waals surface area contributed by atoms with Crippen molar-refractivity contribution in [3.63, 3.8) is 0 Å². The molecule has 2 N–H and O–H groups in total. The fourth-order valence-electron chi connectivity index (χ4n) is 2.52. The van der Waals surface area contributed by atoms with E-state index >= 15 is 0 Å². The molecule has 0 spiro atoms. The van der Waals surface area contributed by atoms with Gasteiger partial charge in [0.1, 0.15) is 5.69 Å². The van der Waals surface area contributed by atoms with Crippen molar-refractivity contribution in [1.29, 1.82) is 0 Å². The summed E-state index contributed by atoms with van der Waals surface area (Å²) in [6.07, 6.45) is 0.880. The van der Waals surface area contributed by atoms with Crippen LogP contribution in [0, 0.1) is 0 Å². The van der Waals surface area contributed by atoms with Crippen LogP contribution in [-0.4, -0.2) is 33.3 Å². The molecule has 1 heterocycles. The topological polar surface area (TPSA) is 84.2 Å². The molecule has 0 aromatic carbocycles. The Labute approximate surface area is 143 Å². The normalized spacial score (nSPS) is 14.5. The van der Waals surface area contributed by atoms with E-state index in [1.807, 2.05) is 0 Å². The number of carbonyl (C=O) groups excluding carboxylic acids is 1. The lowest BCUT2D eigenvalue weighted by Gasteiger charge is -2.07. The number of carboxylic acid groups (broad SMARTS) is 1. The van der Waals surface area contributed by atoms with Gasteiger partial charge < -0.3 is 10.4 Å². The van der Waals surface area contributed by atoms with Crippen LogP contribution in [0.5, 0.6) is 0 Å². The van der Waals surface area contributed by atoms with E-state index in [2.05, 4.69) is 10.4 Å². The number of nitrogens with zero attached hydrogens (tertiary/aromatic N) is 2. The lowest BCUT2D eigenvalue weighted by Crippen LogP contribution is -2.27. The standard InChI is InChI=1S/C16H22F3N3O3/c17-16(18,19)13-10-12(22(21-13)11-7-8-11)15(25)20-9-5-3-1-2-4-6-14(23)24/h10-11H,1-9H2,(H,20,25)(H,23,24). The summed E-state index contributed by atoms with van der Waals surface area (Å²) in [6, 6.07) is 0.686. The molecule has 0 aliphatic heterocycles. The van der Waals surface area contributed by atoms with Crippen LogP contribution in [0.15, 0.2) is 6.07 Å². The lowest BCUT2D eigenvalue weighted by atomic mass is 10.1. The molecule has 1 fully saturated rings. The SMILES string of the molecule is O=C(O)CCCCCCCNC(=O)c1cc(C(F)(F)F)nn1C1CC1. The Bertz CT molecular complexity index is 610. The first-order valence-corrected chi connectivity index (χ1v) is 8.46. The molecule has 1 aliphatic carbocycles. The molecule has 0 atom stereocenters. The second-order valence-electron chi connectivity index (χ2n) is 6.26. The number of carboxylic acids is 1. The zero-order chi connectivity index (χ0) is 18.4. The van der Waals surface area contributed by atoms with Crippen molar-refractivity contribution in [3.8, 4) is 0 Å². The van der Waals surface area contributed by atoms with E-state index in [4.69, 9.17) is 5.11 Å². The summed E-state index contributed by atoms with van der Waals surface area (Å²) in [7, 11) is 0. The minimum absolute atomic E-state index is 0.0451. The minimum atomic E-state index is -4.56. The fraction of sp³-hybridized carbons (Fsp3) is 0.688. The molecule has 6 nitrogen and oxygen atoms in total. The number of hydrogen-bond donors (Lipinski definition) is 2. The molecule has 0 saturated heterocycles. The molecular formula is C16H22F3N3O3. The average molecular weight is 361 g/mol. The van der Waals surface area contributed by atoms with Crippen LogP contribution in [-0.2, 0) is 11.0 Å². The molecular weight excluding hydrogens is 339 g/mol. The van der Waals surface area contributed by atoms with Crippen molar-refractivity contribution < 1.29 is 27.9 Å². The summed E-state index contributed by atoms with van der Waals surface area (Å²) >= 11 is 0. The first kappa shape index (κ1) is 19.3. The molecule has 140 valence electrons. The van der Waals surface area contributed by atoms with E-state index < -0.39 is 23.7 Å². The Morgan fingerprint density at radius 1 is 1.20 bits per heavy atom. The predicted octanol–water partition coefficient (Wildman–Crippen LogP) is 3.39. The van der Waals surface area contributed by atoms with E-state index in [0.29, 0.717) is 19.4 Å². The quantitative estimate of drug-likeness (QED) is 0.626. The Balaban J connectivity index is 1.75. The molecule has 2 rings (SSSR count). The van der Waals surface area contributed by atoms with Crippen molar-refractivity contribution in [1.82, 2.24) is 15.1 Å². The number of hydrogen-bond acceptors (Lipinski definition) is 3. The zero-order valence-electron chi connectivity index (χ0n) is 13.8. The van der Waals surface area contributed by atoms with Crippen molar-refractivity contribution in [3.05, 3.63) is 17.5 Å². The van der Waals surface area contributed by atoms with Gasteiger partial charge in [-0.05, 0) is 25.7 Å². The summed E-state index contributed by atoms with van der Waals surface area (Å²) in [4.78, 5) is 22.5. The third-order valence-corrected chi connectivity index (χ3v) is 4.00. The number of aliphatic carboxylic acids is 1. The van der Waals surface area contributed by atoms with Crippen LogP contribution in [0.3, 0.4) is 0 Å². The van der Waals surface area contributed by atoms with Gasteiger partial charge in [-0.1, -0.05) is 19.3 Å². The molecule has 1 aromatic rings. The Morgan fingerprint density at radius 3 is 2.44 bits per heavy atom. The van der Waals surface area contributed by atoms with Gasteiger partial charge in [-0.15, -0.1) is 0 Å². The first-order chi connectivity index (χ1) is 11.8. The van der Waals surface area contributed by atoms with Gasteiger partial charge in [0.15, 0.2) is 5.69 Å². The first-order valence-electron chi connectivity index (χ1n) is 8.46. The van der Waals surface area contributed by atoms with Crippen LogP contribution in [0.25, 0.3) is 0 Å². The predicted molar refractivity (Wildman–Crippen MR) is 83.2 cm³/mol. The molecule has 0 unspecified atom stereocenters. The monoisotopic (exact) mass is 361 g/mol. The Morgan fingerprint density at radius 2 is 1.84 bits per heavy atom. The third kappa shape index (κ3) is 6.06. The maximum atomic E-state index is 12.8. The van der Waals surface area contributed by atoms with Crippen LogP contribution < -0.4 is 5.32 Å². The second kappa shape index (κ2) is 8.35. The van der Waals surface area contributed by atoms with Crippen LogP contribution in [0.2, 0.25) is 0 Å². The number of amides is 1. The van der Waals surface area contributed by atoms with Crippen LogP contribution >= 0.6 is 0 Å². The highest BCUT2D eigenvalue weighted by Crippen LogP contribution is 2.37. The molecule has 0 bridgehead atoms. The molecule has 1 aliphatic rings.